The van der Waals surface area contributed by atoms with Crippen molar-refractivity contribution in [3.8, 4) is 5.75 Å². The minimum absolute atomic E-state index is 0.252. The molecule has 114 valence electrons. The molecule has 1 aliphatic heterocycles. The van der Waals surface area contributed by atoms with E-state index in [0.29, 0.717) is 17.2 Å². The quantitative estimate of drug-likeness (QED) is 0.793. The summed E-state index contributed by atoms with van der Waals surface area (Å²) in [5.41, 5.74) is 1.21. The van der Waals surface area contributed by atoms with E-state index in [-0.39, 0.29) is 5.92 Å². The predicted molar refractivity (Wildman–Crippen MR) is 85.2 cm³/mol. The Kier molecular flexibility index (Phi) is 4.76. The summed E-state index contributed by atoms with van der Waals surface area (Å²) in [6.45, 7) is 0. The van der Waals surface area contributed by atoms with E-state index in [1.807, 2.05) is 18.2 Å². The number of carbonyl (C=O) groups excluding carboxylic acids is 1. The van der Waals surface area contributed by atoms with E-state index in [1.54, 1.807) is 24.3 Å². The molecule has 2 aromatic carbocycles. The molecule has 3 rings (SSSR count). The summed E-state index contributed by atoms with van der Waals surface area (Å²) in [4.78, 5) is 11.2. The SMILES string of the molecule is O=CC1CC(c2ccccc2)CC(Oc2ccc(Cl)cc2)O1. The highest BCUT2D eigenvalue weighted by atomic mass is 35.5. The zero-order valence-electron chi connectivity index (χ0n) is 12.0. The maximum atomic E-state index is 11.2. The molecule has 0 bridgehead atoms. The summed E-state index contributed by atoms with van der Waals surface area (Å²) in [7, 11) is 0. The molecule has 0 amide bonds. The van der Waals surface area contributed by atoms with Crippen LogP contribution in [-0.2, 0) is 9.53 Å². The number of halogens is 1. The number of ether oxygens (including phenoxy) is 2. The Morgan fingerprint density at radius 3 is 2.45 bits per heavy atom. The summed E-state index contributed by atoms with van der Waals surface area (Å²) in [5.74, 6) is 0.940. The zero-order valence-corrected chi connectivity index (χ0v) is 12.8. The van der Waals surface area contributed by atoms with Crippen LogP contribution in [0.5, 0.6) is 5.75 Å². The van der Waals surface area contributed by atoms with Gasteiger partial charge in [0.15, 0.2) is 0 Å². The Hall–Kier alpha value is -1.84. The summed E-state index contributed by atoms with van der Waals surface area (Å²) < 4.78 is 11.6. The van der Waals surface area contributed by atoms with Crippen molar-refractivity contribution < 1.29 is 14.3 Å². The molecular formula is C18H17ClO3. The van der Waals surface area contributed by atoms with Crippen LogP contribution in [-0.4, -0.2) is 18.7 Å². The molecule has 0 radical (unpaired) electrons. The first-order valence-corrected chi connectivity index (χ1v) is 7.70. The van der Waals surface area contributed by atoms with Crippen molar-refractivity contribution in [2.75, 3.05) is 0 Å². The number of carbonyl (C=O) groups is 1. The predicted octanol–water partition coefficient (Wildman–Crippen LogP) is 4.21. The van der Waals surface area contributed by atoms with E-state index in [1.165, 1.54) is 5.56 Å². The lowest BCUT2D eigenvalue weighted by Gasteiger charge is -2.33. The maximum absolute atomic E-state index is 11.2. The lowest BCUT2D eigenvalue weighted by Crippen LogP contribution is -2.36. The highest BCUT2D eigenvalue weighted by Gasteiger charge is 2.31. The highest BCUT2D eigenvalue weighted by molar-refractivity contribution is 6.30. The first-order chi connectivity index (χ1) is 10.7. The van der Waals surface area contributed by atoms with Crippen LogP contribution in [0.2, 0.25) is 5.02 Å². The van der Waals surface area contributed by atoms with Crippen LogP contribution in [0.15, 0.2) is 54.6 Å². The smallest absolute Gasteiger partial charge is 0.201 e. The Morgan fingerprint density at radius 1 is 1.05 bits per heavy atom. The summed E-state index contributed by atoms with van der Waals surface area (Å²) >= 11 is 5.87. The maximum Gasteiger partial charge on any atom is 0.201 e. The van der Waals surface area contributed by atoms with Crippen LogP contribution in [0.1, 0.15) is 24.3 Å². The number of rotatable bonds is 4. The van der Waals surface area contributed by atoms with Gasteiger partial charge in [0, 0.05) is 11.4 Å². The van der Waals surface area contributed by atoms with E-state index >= 15 is 0 Å². The fraction of sp³-hybridized carbons (Fsp3) is 0.278. The van der Waals surface area contributed by atoms with Gasteiger partial charge in [0.25, 0.3) is 0 Å². The fourth-order valence-corrected chi connectivity index (χ4v) is 2.87. The molecule has 3 nitrogen and oxygen atoms in total. The van der Waals surface area contributed by atoms with Crippen molar-refractivity contribution in [2.24, 2.45) is 0 Å². The lowest BCUT2D eigenvalue weighted by molar-refractivity contribution is -0.160. The van der Waals surface area contributed by atoms with Gasteiger partial charge < -0.3 is 14.3 Å². The summed E-state index contributed by atoms with van der Waals surface area (Å²) in [6, 6.07) is 17.3. The second-order valence-corrected chi connectivity index (χ2v) is 5.83. The molecule has 4 heteroatoms. The zero-order chi connectivity index (χ0) is 15.4. The number of aldehydes is 1. The second-order valence-electron chi connectivity index (χ2n) is 5.39. The van der Waals surface area contributed by atoms with Gasteiger partial charge in [-0.3, -0.25) is 0 Å². The molecule has 22 heavy (non-hydrogen) atoms. The Balaban J connectivity index is 1.73. The Labute approximate surface area is 134 Å². The molecule has 1 fully saturated rings. The van der Waals surface area contributed by atoms with Crippen molar-refractivity contribution in [2.45, 2.75) is 31.2 Å². The monoisotopic (exact) mass is 316 g/mol. The van der Waals surface area contributed by atoms with Crippen molar-refractivity contribution in [3.63, 3.8) is 0 Å². The van der Waals surface area contributed by atoms with Gasteiger partial charge in [-0.25, -0.2) is 0 Å². The summed E-state index contributed by atoms with van der Waals surface area (Å²) in [5, 5.41) is 0.657. The molecule has 0 N–H and O–H groups in total. The van der Waals surface area contributed by atoms with Crippen molar-refractivity contribution in [1.29, 1.82) is 0 Å². The first kappa shape index (κ1) is 15.1. The minimum atomic E-state index is -0.435. The van der Waals surface area contributed by atoms with Crippen LogP contribution in [0, 0.1) is 0 Å². The largest absolute Gasteiger partial charge is 0.465 e. The molecule has 1 aliphatic rings. The third-order valence-corrected chi connectivity index (χ3v) is 4.08. The van der Waals surface area contributed by atoms with Gasteiger partial charge in [0.2, 0.25) is 6.29 Å². The third-order valence-electron chi connectivity index (χ3n) is 3.82. The van der Waals surface area contributed by atoms with Gasteiger partial charge in [-0.1, -0.05) is 41.9 Å². The lowest BCUT2D eigenvalue weighted by atomic mass is 9.88. The molecule has 2 aromatic rings. The van der Waals surface area contributed by atoms with E-state index in [9.17, 15) is 4.79 Å². The van der Waals surface area contributed by atoms with E-state index in [0.717, 1.165) is 12.7 Å². The average Bonchev–Trinajstić information content (AvgIpc) is 2.57. The second kappa shape index (κ2) is 6.95. The van der Waals surface area contributed by atoms with Crippen LogP contribution >= 0.6 is 11.6 Å². The molecule has 1 heterocycles. The minimum Gasteiger partial charge on any atom is -0.465 e. The van der Waals surface area contributed by atoms with Gasteiger partial charge in [-0.2, -0.15) is 0 Å². The highest BCUT2D eigenvalue weighted by Crippen LogP contribution is 2.33. The van der Waals surface area contributed by atoms with Crippen LogP contribution in [0.4, 0.5) is 0 Å². The standard InChI is InChI=1S/C18H17ClO3/c19-15-6-8-16(9-7-15)21-18-11-14(10-17(12-20)22-18)13-4-2-1-3-5-13/h1-9,12,14,17-18H,10-11H2. The first-order valence-electron chi connectivity index (χ1n) is 7.32. The average molecular weight is 317 g/mol. The topological polar surface area (TPSA) is 35.5 Å². The van der Waals surface area contributed by atoms with Gasteiger partial charge in [-0.05, 0) is 42.2 Å². The molecule has 3 unspecified atom stereocenters. The third kappa shape index (κ3) is 3.67. The summed E-state index contributed by atoms with van der Waals surface area (Å²) in [6.07, 6.45) is 1.39. The van der Waals surface area contributed by atoms with Gasteiger partial charge in [0.1, 0.15) is 18.1 Å². The number of hydrogen-bond donors (Lipinski definition) is 0. The van der Waals surface area contributed by atoms with E-state index < -0.39 is 12.4 Å². The molecular weight excluding hydrogens is 300 g/mol. The molecule has 1 saturated heterocycles. The molecule has 3 atom stereocenters. The number of benzene rings is 2. The van der Waals surface area contributed by atoms with E-state index in [2.05, 4.69) is 12.1 Å². The molecule has 0 aromatic heterocycles. The fourth-order valence-electron chi connectivity index (χ4n) is 2.74. The van der Waals surface area contributed by atoms with Gasteiger partial charge >= 0.3 is 0 Å². The molecule has 0 saturated carbocycles. The molecule has 0 spiro atoms. The molecule has 0 aliphatic carbocycles. The normalized spacial score (nSPS) is 24.7. The van der Waals surface area contributed by atoms with E-state index in [4.69, 9.17) is 21.1 Å². The van der Waals surface area contributed by atoms with Crippen LogP contribution in [0.3, 0.4) is 0 Å². The van der Waals surface area contributed by atoms with Crippen molar-refractivity contribution >= 4 is 17.9 Å². The Morgan fingerprint density at radius 2 is 1.77 bits per heavy atom. The van der Waals surface area contributed by atoms with Crippen molar-refractivity contribution in [3.05, 3.63) is 65.2 Å². The van der Waals surface area contributed by atoms with Gasteiger partial charge in [-0.15, -0.1) is 0 Å². The van der Waals surface area contributed by atoms with Gasteiger partial charge in [0.05, 0.1) is 0 Å². The van der Waals surface area contributed by atoms with Crippen LogP contribution in [0.25, 0.3) is 0 Å². The Bertz CT molecular complexity index is 612. The number of hydrogen-bond acceptors (Lipinski definition) is 3. The van der Waals surface area contributed by atoms with Crippen molar-refractivity contribution in [1.82, 2.24) is 0 Å². The van der Waals surface area contributed by atoms with Crippen LogP contribution < -0.4 is 4.74 Å².